The Balaban J connectivity index is 3.63. The fourth-order valence-electron chi connectivity index (χ4n) is 0.614. The molecule has 0 bridgehead atoms. The summed E-state index contributed by atoms with van der Waals surface area (Å²) in [5.74, 6) is 0. The molecule has 0 saturated heterocycles. The summed E-state index contributed by atoms with van der Waals surface area (Å²) < 4.78 is 4.96. The second kappa shape index (κ2) is 4.92. The molecule has 0 aliphatic rings. The Morgan fingerprint density at radius 2 is 2.36 bits per heavy atom. The van der Waals surface area contributed by atoms with Crippen molar-refractivity contribution >= 4 is 6.09 Å². The highest BCUT2D eigenvalue weighted by atomic mass is 16.5. The van der Waals surface area contributed by atoms with Crippen molar-refractivity contribution in [2.45, 2.75) is 26.1 Å². The van der Waals surface area contributed by atoms with E-state index in [2.05, 4.69) is 5.32 Å². The Hall–Kier alpha value is -0.810. The minimum Gasteiger partial charge on any atom is -0.465 e. The number of carbonyl (C=O) groups is 1. The number of nitrogens with two attached hydrogens (primary N) is 1. The van der Waals surface area contributed by atoms with Crippen molar-refractivity contribution in [3.8, 4) is 0 Å². The first-order valence-corrected chi connectivity index (χ1v) is 3.44. The van der Waals surface area contributed by atoms with Gasteiger partial charge in [-0.1, -0.05) is 0 Å². The van der Waals surface area contributed by atoms with Crippen LogP contribution in [0.5, 0.6) is 0 Å². The second-order valence-electron chi connectivity index (χ2n) is 2.16. The van der Waals surface area contributed by atoms with Gasteiger partial charge in [0.05, 0.1) is 6.04 Å². The smallest absolute Gasteiger partial charge is 0.405 e. The van der Waals surface area contributed by atoms with Gasteiger partial charge in [-0.3, -0.25) is 0 Å². The Labute approximate surface area is 65.5 Å². The quantitative estimate of drug-likeness (QED) is 0.506. The fourth-order valence-corrected chi connectivity index (χ4v) is 0.614. The van der Waals surface area contributed by atoms with E-state index in [9.17, 15) is 4.79 Å². The largest absolute Gasteiger partial charge is 0.465 e. The number of carboxylic acid groups (broad SMARTS) is 1. The van der Waals surface area contributed by atoms with E-state index in [0.717, 1.165) is 0 Å². The van der Waals surface area contributed by atoms with Crippen LogP contribution < -0.4 is 11.1 Å². The third kappa shape index (κ3) is 4.58. The number of rotatable bonds is 4. The van der Waals surface area contributed by atoms with E-state index < -0.39 is 12.3 Å². The van der Waals surface area contributed by atoms with Crippen molar-refractivity contribution in [1.82, 2.24) is 5.32 Å². The van der Waals surface area contributed by atoms with Gasteiger partial charge in [-0.05, 0) is 13.8 Å². The van der Waals surface area contributed by atoms with E-state index >= 15 is 0 Å². The molecule has 0 aromatic heterocycles. The van der Waals surface area contributed by atoms with Gasteiger partial charge in [-0.15, -0.1) is 0 Å². The second-order valence-corrected chi connectivity index (χ2v) is 2.16. The zero-order valence-corrected chi connectivity index (χ0v) is 6.70. The minimum atomic E-state index is -1.09. The van der Waals surface area contributed by atoms with Crippen LogP contribution in [0.2, 0.25) is 0 Å². The zero-order valence-electron chi connectivity index (χ0n) is 6.70. The van der Waals surface area contributed by atoms with Crippen LogP contribution in [0, 0.1) is 0 Å². The first kappa shape index (κ1) is 10.2. The lowest BCUT2D eigenvalue weighted by Gasteiger charge is -2.18. The molecule has 2 atom stereocenters. The van der Waals surface area contributed by atoms with Crippen LogP contribution in [-0.4, -0.2) is 30.1 Å². The number of amides is 1. The molecular weight excluding hydrogens is 148 g/mol. The fraction of sp³-hybridized carbons (Fsp3) is 0.833. The Bertz CT molecular complexity index is 129. The van der Waals surface area contributed by atoms with Crippen LogP contribution in [0.15, 0.2) is 0 Å². The molecule has 5 nitrogen and oxygen atoms in total. The Morgan fingerprint density at radius 1 is 1.82 bits per heavy atom. The molecule has 0 aromatic carbocycles. The number of ether oxygens (including phenoxy) is 1. The maximum absolute atomic E-state index is 10.1. The summed E-state index contributed by atoms with van der Waals surface area (Å²) in [4.78, 5) is 10.1. The molecule has 0 saturated carbocycles. The van der Waals surface area contributed by atoms with Crippen molar-refractivity contribution in [3.63, 3.8) is 0 Å². The van der Waals surface area contributed by atoms with Gasteiger partial charge in [-0.2, -0.15) is 0 Å². The van der Waals surface area contributed by atoms with Crippen molar-refractivity contribution in [1.29, 1.82) is 0 Å². The van der Waals surface area contributed by atoms with Gasteiger partial charge < -0.3 is 20.9 Å². The van der Waals surface area contributed by atoms with E-state index in [1.807, 2.05) is 0 Å². The molecule has 0 fully saturated rings. The van der Waals surface area contributed by atoms with E-state index in [-0.39, 0.29) is 6.04 Å². The lowest BCUT2D eigenvalue weighted by Crippen LogP contribution is -2.46. The molecule has 66 valence electrons. The molecule has 0 heterocycles. The molecule has 4 N–H and O–H groups in total. The predicted octanol–water partition coefficient (Wildman–Crippen LogP) is -0.0362. The summed E-state index contributed by atoms with van der Waals surface area (Å²) in [6.45, 7) is 3.93. The van der Waals surface area contributed by atoms with Crippen LogP contribution in [0.1, 0.15) is 13.8 Å². The molecular formula is C6H14N2O3. The van der Waals surface area contributed by atoms with Gasteiger partial charge in [-0.25, -0.2) is 4.79 Å². The van der Waals surface area contributed by atoms with Gasteiger partial charge in [0, 0.05) is 6.61 Å². The van der Waals surface area contributed by atoms with E-state index in [1.165, 1.54) is 0 Å². The number of nitrogens with one attached hydrogen (secondary N) is 1. The molecule has 1 amide bonds. The van der Waals surface area contributed by atoms with Crippen LogP contribution in [0.4, 0.5) is 4.79 Å². The summed E-state index contributed by atoms with van der Waals surface area (Å²) >= 11 is 0. The summed E-state index contributed by atoms with van der Waals surface area (Å²) in [6.07, 6.45) is -1.66. The van der Waals surface area contributed by atoms with Gasteiger partial charge >= 0.3 is 6.09 Å². The van der Waals surface area contributed by atoms with E-state index in [4.69, 9.17) is 15.6 Å². The summed E-state index contributed by atoms with van der Waals surface area (Å²) in [6, 6.07) is -0.382. The highest BCUT2D eigenvalue weighted by molar-refractivity contribution is 5.64. The highest BCUT2D eigenvalue weighted by Gasteiger charge is 2.13. The number of hydrogen-bond donors (Lipinski definition) is 3. The maximum Gasteiger partial charge on any atom is 0.405 e. The van der Waals surface area contributed by atoms with Crippen molar-refractivity contribution in [3.05, 3.63) is 0 Å². The summed E-state index contributed by atoms with van der Waals surface area (Å²) in [5, 5.41) is 10.5. The van der Waals surface area contributed by atoms with Gasteiger partial charge in [0.1, 0.15) is 6.23 Å². The van der Waals surface area contributed by atoms with Crippen LogP contribution >= 0.6 is 0 Å². The molecule has 0 spiro atoms. The van der Waals surface area contributed by atoms with Crippen LogP contribution in [0.25, 0.3) is 0 Å². The van der Waals surface area contributed by atoms with Crippen molar-refractivity contribution in [2.75, 3.05) is 6.61 Å². The normalized spacial score (nSPS) is 15.5. The first-order chi connectivity index (χ1) is 5.07. The Morgan fingerprint density at radius 3 is 2.73 bits per heavy atom. The van der Waals surface area contributed by atoms with Crippen molar-refractivity contribution in [2.24, 2.45) is 5.73 Å². The molecule has 11 heavy (non-hydrogen) atoms. The van der Waals surface area contributed by atoms with Gasteiger partial charge in [0.25, 0.3) is 0 Å². The van der Waals surface area contributed by atoms with Crippen molar-refractivity contribution < 1.29 is 14.6 Å². The lowest BCUT2D eigenvalue weighted by molar-refractivity contribution is 0.0437. The van der Waals surface area contributed by atoms with Gasteiger partial charge in [0.2, 0.25) is 0 Å². The van der Waals surface area contributed by atoms with Crippen LogP contribution in [-0.2, 0) is 4.74 Å². The Kier molecular flexibility index (Phi) is 4.56. The highest BCUT2D eigenvalue weighted by Crippen LogP contribution is 1.90. The molecule has 2 unspecified atom stereocenters. The molecule has 5 heteroatoms. The monoisotopic (exact) mass is 162 g/mol. The third-order valence-electron chi connectivity index (χ3n) is 1.20. The first-order valence-electron chi connectivity index (χ1n) is 3.44. The lowest BCUT2D eigenvalue weighted by atomic mass is 10.3. The molecule has 0 aliphatic carbocycles. The molecule has 0 aliphatic heterocycles. The maximum atomic E-state index is 10.1. The predicted molar refractivity (Wildman–Crippen MR) is 40.2 cm³/mol. The SMILES string of the molecule is CCOC(N)C(C)NC(=O)O. The standard InChI is InChI=1S/C6H14N2O3/c1-3-11-5(7)4(2)8-6(9)10/h4-5,8H,3,7H2,1-2H3,(H,9,10). The van der Waals surface area contributed by atoms with Gasteiger partial charge in [0.15, 0.2) is 0 Å². The third-order valence-corrected chi connectivity index (χ3v) is 1.20. The molecule has 0 radical (unpaired) electrons. The summed E-state index contributed by atoms with van der Waals surface area (Å²) in [7, 11) is 0. The minimum absolute atomic E-state index is 0.382. The van der Waals surface area contributed by atoms with E-state index in [0.29, 0.717) is 6.61 Å². The topological polar surface area (TPSA) is 84.6 Å². The average Bonchev–Trinajstić information content (AvgIpc) is 1.86. The van der Waals surface area contributed by atoms with E-state index in [1.54, 1.807) is 13.8 Å². The molecule has 0 aromatic rings. The average molecular weight is 162 g/mol. The van der Waals surface area contributed by atoms with Crippen LogP contribution in [0.3, 0.4) is 0 Å². The zero-order chi connectivity index (χ0) is 8.85. The summed E-state index contributed by atoms with van der Waals surface area (Å²) in [5.41, 5.74) is 5.43. The number of hydrogen-bond acceptors (Lipinski definition) is 3. The molecule has 0 rings (SSSR count).